The number of nitrogens with one attached hydrogen (secondary N) is 2. The molecule has 2 aliphatic rings. The lowest BCUT2D eigenvalue weighted by atomic mass is 9.85. The first kappa shape index (κ1) is 18.8. The molecule has 8 heteroatoms. The molecule has 152 valence electrons. The molecule has 4 N–H and O–H groups in total. The average Bonchev–Trinajstić information content (AvgIpc) is 3.22. The Kier molecular flexibility index (Phi) is 4.34. The van der Waals surface area contributed by atoms with E-state index in [1.54, 1.807) is 24.3 Å². The summed E-state index contributed by atoms with van der Waals surface area (Å²) >= 11 is 0.937. The molecule has 0 unspecified atom stereocenters. The number of hydrogen-bond donors (Lipinski definition) is 4. The molecule has 1 fully saturated rings. The molecule has 2 heterocycles. The second-order valence-electron chi connectivity index (χ2n) is 7.50. The summed E-state index contributed by atoms with van der Waals surface area (Å²) in [6, 6.07) is 7.93. The number of aromatic hydroxyl groups is 2. The number of amides is 1. The Hall–Kier alpha value is -3.23. The maximum atomic E-state index is 13.1. The Morgan fingerprint density at radius 3 is 2.23 bits per heavy atom. The van der Waals surface area contributed by atoms with Crippen LogP contribution in [0.15, 0.2) is 30.3 Å². The van der Waals surface area contributed by atoms with Gasteiger partial charge in [-0.25, -0.2) is 0 Å². The molecule has 1 aliphatic heterocycles. The van der Waals surface area contributed by atoms with Gasteiger partial charge in [-0.3, -0.25) is 14.4 Å². The summed E-state index contributed by atoms with van der Waals surface area (Å²) in [5.41, 5.74) is -0.347. The Balaban J connectivity index is 1.58. The number of benzene rings is 2. The number of thiophene rings is 1. The highest BCUT2D eigenvalue weighted by molar-refractivity contribution is 7.16. The molecule has 7 nitrogen and oxygen atoms in total. The molecule has 1 saturated heterocycles. The molecule has 1 aliphatic carbocycles. The van der Waals surface area contributed by atoms with Crippen LogP contribution in [0.3, 0.4) is 0 Å². The van der Waals surface area contributed by atoms with Crippen molar-refractivity contribution < 1.29 is 24.6 Å². The van der Waals surface area contributed by atoms with Crippen LogP contribution in [0, 0.1) is 0 Å². The minimum atomic E-state index is -0.574. The van der Waals surface area contributed by atoms with E-state index >= 15 is 0 Å². The highest BCUT2D eigenvalue weighted by atomic mass is 32.1. The second-order valence-corrected chi connectivity index (χ2v) is 8.55. The predicted octanol–water partition coefficient (Wildman–Crippen LogP) is 2.57. The van der Waals surface area contributed by atoms with Gasteiger partial charge in [-0.15, -0.1) is 11.3 Å². The lowest BCUT2D eigenvalue weighted by molar-refractivity contribution is 0.0933. The zero-order valence-corrected chi connectivity index (χ0v) is 16.6. The molecule has 1 amide bonds. The molecule has 0 spiro atoms. The highest BCUT2D eigenvalue weighted by Crippen LogP contribution is 2.45. The van der Waals surface area contributed by atoms with Crippen LogP contribution in [0.1, 0.15) is 53.7 Å². The Labute approximate surface area is 175 Å². The van der Waals surface area contributed by atoms with Crippen LogP contribution in [0.4, 0.5) is 0 Å². The van der Waals surface area contributed by atoms with Crippen molar-refractivity contribution in [3.05, 3.63) is 56.8 Å². The first-order valence-electron chi connectivity index (χ1n) is 9.68. The zero-order chi connectivity index (χ0) is 21.0. The monoisotopic (exact) mass is 422 g/mol. The van der Waals surface area contributed by atoms with Gasteiger partial charge in [0.05, 0.1) is 20.9 Å². The third kappa shape index (κ3) is 2.72. The topological polar surface area (TPSA) is 116 Å². The number of hydrogen-bond acceptors (Lipinski definition) is 7. The van der Waals surface area contributed by atoms with Crippen molar-refractivity contribution in [1.29, 1.82) is 0 Å². The van der Waals surface area contributed by atoms with Gasteiger partial charge in [0.25, 0.3) is 5.91 Å². The predicted molar refractivity (Wildman–Crippen MR) is 112 cm³/mol. The molecule has 0 bridgehead atoms. The summed E-state index contributed by atoms with van der Waals surface area (Å²) in [5, 5.41) is 28.2. The van der Waals surface area contributed by atoms with E-state index in [1.165, 1.54) is 6.07 Å². The Bertz CT molecular complexity index is 1160. The fourth-order valence-electron chi connectivity index (χ4n) is 4.16. The maximum Gasteiger partial charge on any atom is 0.261 e. The number of phenolic OH excluding ortho intramolecular Hbond substituents is 2. The highest BCUT2D eigenvalue weighted by Gasteiger charge is 2.38. The molecule has 30 heavy (non-hydrogen) atoms. The second kappa shape index (κ2) is 6.93. The first-order chi connectivity index (χ1) is 14.5. The molecule has 1 aromatic heterocycles. The maximum absolute atomic E-state index is 13.1. The Morgan fingerprint density at radius 2 is 1.60 bits per heavy atom. The third-order valence-electron chi connectivity index (χ3n) is 5.70. The molecule has 0 radical (unpaired) electrons. The van der Waals surface area contributed by atoms with Crippen molar-refractivity contribution in [3.8, 4) is 11.5 Å². The molecule has 5 rings (SSSR count). The first-order valence-corrected chi connectivity index (χ1v) is 10.5. The van der Waals surface area contributed by atoms with Crippen molar-refractivity contribution in [3.63, 3.8) is 0 Å². The number of piperidine rings is 1. The smallest absolute Gasteiger partial charge is 0.261 e. The van der Waals surface area contributed by atoms with Crippen LogP contribution in [0.2, 0.25) is 0 Å². The summed E-state index contributed by atoms with van der Waals surface area (Å²) < 4.78 is 0. The minimum absolute atomic E-state index is 0.0415. The van der Waals surface area contributed by atoms with Crippen molar-refractivity contribution in [1.82, 2.24) is 10.6 Å². The molecule has 3 aromatic rings. The lowest BCUT2D eigenvalue weighted by Crippen LogP contribution is -2.42. The third-order valence-corrected chi connectivity index (χ3v) is 6.83. The molecular weight excluding hydrogens is 404 g/mol. The normalized spacial score (nSPS) is 16.4. The van der Waals surface area contributed by atoms with Gasteiger partial charge >= 0.3 is 0 Å². The van der Waals surface area contributed by atoms with Crippen LogP contribution in [-0.4, -0.2) is 46.8 Å². The van der Waals surface area contributed by atoms with Crippen molar-refractivity contribution in [2.45, 2.75) is 18.9 Å². The van der Waals surface area contributed by atoms with Crippen LogP contribution in [0.5, 0.6) is 11.5 Å². The molecule has 2 aromatic carbocycles. The van der Waals surface area contributed by atoms with Gasteiger partial charge in [0, 0.05) is 22.4 Å². The van der Waals surface area contributed by atoms with Crippen LogP contribution >= 0.6 is 11.3 Å². The number of phenols is 2. The van der Waals surface area contributed by atoms with Gasteiger partial charge in [-0.1, -0.05) is 24.3 Å². The number of carbonyl (C=O) groups is 3. The quantitative estimate of drug-likeness (QED) is 0.369. The van der Waals surface area contributed by atoms with Gasteiger partial charge in [0.1, 0.15) is 11.5 Å². The number of ketones is 2. The van der Waals surface area contributed by atoms with E-state index in [9.17, 15) is 24.6 Å². The van der Waals surface area contributed by atoms with Crippen molar-refractivity contribution in [2.75, 3.05) is 13.1 Å². The van der Waals surface area contributed by atoms with Crippen molar-refractivity contribution in [2.24, 2.45) is 0 Å². The minimum Gasteiger partial charge on any atom is -0.506 e. The molecule has 0 atom stereocenters. The summed E-state index contributed by atoms with van der Waals surface area (Å²) in [7, 11) is 0. The number of fused-ring (bicyclic) bond motifs is 3. The van der Waals surface area contributed by atoms with E-state index < -0.39 is 11.6 Å². The van der Waals surface area contributed by atoms with Gasteiger partial charge in [-0.2, -0.15) is 0 Å². The fourth-order valence-corrected chi connectivity index (χ4v) is 5.16. The van der Waals surface area contributed by atoms with E-state index in [0.29, 0.717) is 5.39 Å². The Morgan fingerprint density at radius 1 is 1.00 bits per heavy atom. The van der Waals surface area contributed by atoms with Crippen molar-refractivity contribution >= 4 is 39.6 Å². The molecule has 0 saturated carbocycles. The fraction of sp³-hybridized carbons (Fsp3) is 0.227. The van der Waals surface area contributed by atoms with Crippen LogP contribution < -0.4 is 10.6 Å². The van der Waals surface area contributed by atoms with E-state index in [2.05, 4.69) is 10.6 Å². The summed E-state index contributed by atoms with van der Waals surface area (Å²) in [6.07, 6.45) is 1.63. The summed E-state index contributed by atoms with van der Waals surface area (Å²) in [6.45, 7) is 1.65. The summed E-state index contributed by atoms with van der Waals surface area (Å²) in [4.78, 5) is 39.3. The van der Waals surface area contributed by atoms with Crippen LogP contribution in [0.25, 0.3) is 10.8 Å². The zero-order valence-electron chi connectivity index (χ0n) is 15.8. The van der Waals surface area contributed by atoms with Gasteiger partial charge in [0.15, 0.2) is 5.78 Å². The number of carbonyl (C=O) groups excluding carboxylic acids is 3. The standard InChI is InChI=1S/C22H18N2O5S/c25-17-11-3-1-2-4-12(11)18(26)16-15(17)19(27)13-9-14(30-21(13)20(16)28)22(29)24-10-5-7-23-8-6-10/h1-4,9-10,23,25-26H,5-8H2,(H,24,29). The lowest BCUT2D eigenvalue weighted by Gasteiger charge is -2.23. The molecular formula is C22H18N2O5S. The average molecular weight is 422 g/mol. The van der Waals surface area contributed by atoms with Gasteiger partial charge < -0.3 is 20.8 Å². The van der Waals surface area contributed by atoms with Gasteiger partial charge in [0.2, 0.25) is 5.78 Å². The van der Waals surface area contributed by atoms with E-state index in [4.69, 9.17) is 0 Å². The van der Waals surface area contributed by atoms with Gasteiger partial charge in [-0.05, 0) is 32.0 Å². The van der Waals surface area contributed by atoms with E-state index in [0.717, 1.165) is 37.3 Å². The van der Waals surface area contributed by atoms with Crippen LogP contribution in [-0.2, 0) is 0 Å². The SMILES string of the molecule is O=C(NC1CCNCC1)c1cc2c(s1)C(=O)c1c(c(O)c3ccccc3c1O)C2=O. The van der Waals surface area contributed by atoms with E-state index in [-0.39, 0.29) is 55.3 Å². The van der Waals surface area contributed by atoms with E-state index in [1.807, 2.05) is 0 Å². The largest absolute Gasteiger partial charge is 0.506 e. The summed E-state index contributed by atoms with van der Waals surface area (Å²) in [5.74, 6) is -2.14. The number of rotatable bonds is 2.